The van der Waals surface area contributed by atoms with Crippen molar-refractivity contribution in [1.82, 2.24) is 5.32 Å². The average molecular weight is 401 g/mol. The van der Waals surface area contributed by atoms with Gasteiger partial charge in [0.2, 0.25) is 5.91 Å². The SMILES string of the molecule is CC(C)(C)c1ccc(C[C@@H](NC(=O)c2ccc(-c3ccccc3)cc2)C(N)=O)cc1. The van der Waals surface area contributed by atoms with Crippen molar-refractivity contribution in [3.8, 4) is 11.1 Å². The first-order valence-corrected chi connectivity index (χ1v) is 10.1. The Balaban J connectivity index is 1.69. The predicted octanol–water partition coefficient (Wildman–Crippen LogP) is 4.48. The monoisotopic (exact) mass is 400 g/mol. The largest absolute Gasteiger partial charge is 0.368 e. The number of carbonyl (C=O) groups is 2. The third-order valence-corrected chi connectivity index (χ3v) is 5.16. The number of rotatable bonds is 6. The Kier molecular flexibility index (Phi) is 6.36. The van der Waals surface area contributed by atoms with E-state index in [0.717, 1.165) is 16.7 Å². The van der Waals surface area contributed by atoms with Crippen LogP contribution in [0.2, 0.25) is 0 Å². The zero-order valence-electron chi connectivity index (χ0n) is 17.7. The van der Waals surface area contributed by atoms with Crippen molar-refractivity contribution in [2.45, 2.75) is 38.6 Å². The van der Waals surface area contributed by atoms with E-state index in [1.165, 1.54) is 5.56 Å². The van der Waals surface area contributed by atoms with Gasteiger partial charge < -0.3 is 11.1 Å². The summed E-state index contributed by atoms with van der Waals surface area (Å²) in [4.78, 5) is 24.6. The Morgan fingerprint density at radius 3 is 1.93 bits per heavy atom. The molecule has 154 valence electrons. The summed E-state index contributed by atoms with van der Waals surface area (Å²) in [5, 5.41) is 2.77. The van der Waals surface area contributed by atoms with Gasteiger partial charge in [-0.2, -0.15) is 0 Å². The molecule has 0 saturated carbocycles. The van der Waals surface area contributed by atoms with E-state index in [1.807, 2.05) is 54.6 Å². The molecule has 0 spiro atoms. The molecule has 3 aromatic rings. The van der Waals surface area contributed by atoms with E-state index < -0.39 is 11.9 Å². The normalized spacial score (nSPS) is 12.2. The Morgan fingerprint density at radius 2 is 1.40 bits per heavy atom. The second kappa shape index (κ2) is 8.95. The van der Waals surface area contributed by atoms with Crippen molar-refractivity contribution in [2.75, 3.05) is 0 Å². The molecule has 3 N–H and O–H groups in total. The van der Waals surface area contributed by atoms with E-state index in [9.17, 15) is 9.59 Å². The van der Waals surface area contributed by atoms with Crippen molar-refractivity contribution in [2.24, 2.45) is 5.73 Å². The second-order valence-corrected chi connectivity index (χ2v) is 8.52. The van der Waals surface area contributed by atoms with Gasteiger partial charge in [0.05, 0.1) is 0 Å². The minimum absolute atomic E-state index is 0.0573. The van der Waals surface area contributed by atoms with E-state index >= 15 is 0 Å². The Hall–Kier alpha value is -3.40. The van der Waals surface area contributed by atoms with E-state index in [-0.39, 0.29) is 11.3 Å². The molecule has 0 aromatic heterocycles. The van der Waals surface area contributed by atoms with Crippen molar-refractivity contribution >= 4 is 11.8 Å². The highest BCUT2D eigenvalue weighted by atomic mass is 16.2. The van der Waals surface area contributed by atoms with Gasteiger partial charge in [0, 0.05) is 12.0 Å². The van der Waals surface area contributed by atoms with Gasteiger partial charge in [-0.1, -0.05) is 87.5 Å². The van der Waals surface area contributed by atoms with E-state index in [2.05, 4.69) is 38.2 Å². The van der Waals surface area contributed by atoms with Crippen LogP contribution in [0.25, 0.3) is 11.1 Å². The van der Waals surface area contributed by atoms with Crippen molar-refractivity contribution in [3.05, 3.63) is 95.6 Å². The second-order valence-electron chi connectivity index (χ2n) is 8.52. The molecule has 3 aromatic carbocycles. The number of hydrogen-bond donors (Lipinski definition) is 2. The quantitative estimate of drug-likeness (QED) is 0.640. The third kappa shape index (κ3) is 5.35. The molecule has 0 unspecified atom stereocenters. The van der Waals surface area contributed by atoms with Gasteiger partial charge in [-0.05, 0) is 39.8 Å². The minimum Gasteiger partial charge on any atom is -0.368 e. The van der Waals surface area contributed by atoms with Gasteiger partial charge in [-0.25, -0.2) is 0 Å². The van der Waals surface area contributed by atoms with Gasteiger partial charge in [-0.15, -0.1) is 0 Å². The maximum atomic E-state index is 12.7. The molecule has 30 heavy (non-hydrogen) atoms. The van der Waals surface area contributed by atoms with Crippen LogP contribution in [0.3, 0.4) is 0 Å². The van der Waals surface area contributed by atoms with E-state index in [1.54, 1.807) is 12.1 Å². The lowest BCUT2D eigenvalue weighted by Crippen LogP contribution is -2.45. The lowest BCUT2D eigenvalue weighted by molar-refractivity contribution is -0.119. The van der Waals surface area contributed by atoms with Crippen LogP contribution in [0.5, 0.6) is 0 Å². The number of nitrogens with two attached hydrogens (primary N) is 1. The smallest absolute Gasteiger partial charge is 0.251 e. The summed E-state index contributed by atoms with van der Waals surface area (Å²) in [6.07, 6.45) is 0.355. The fourth-order valence-corrected chi connectivity index (χ4v) is 3.29. The maximum Gasteiger partial charge on any atom is 0.251 e. The number of primary amides is 1. The predicted molar refractivity (Wildman–Crippen MR) is 121 cm³/mol. The van der Waals surface area contributed by atoms with Crippen LogP contribution in [0.15, 0.2) is 78.9 Å². The first kappa shape index (κ1) is 21.3. The summed E-state index contributed by atoms with van der Waals surface area (Å²) < 4.78 is 0. The van der Waals surface area contributed by atoms with Gasteiger partial charge in [-0.3, -0.25) is 9.59 Å². The third-order valence-electron chi connectivity index (χ3n) is 5.16. The summed E-state index contributed by atoms with van der Waals surface area (Å²) in [5.74, 6) is -0.867. The molecule has 4 nitrogen and oxygen atoms in total. The van der Waals surface area contributed by atoms with Crippen LogP contribution in [-0.2, 0) is 16.6 Å². The number of amides is 2. The summed E-state index contributed by atoms with van der Waals surface area (Å²) >= 11 is 0. The minimum atomic E-state index is -0.771. The van der Waals surface area contributed by atoms with Crippen molar-refractivity contribution in [3.63, 3.8) is 0 Å². The lowest BCUT2D eigenvalue weighted by atomic mass is 9.86. The summed E-state index contributed by atoms with van der Waals surface area (Å²) in [7, 11) is 0. The van der Waals surface area contributed by atoms with Crippen LogP contribution in [0.1, 0.15) is 42.3 Å². The highest BCUT2D eigenvalue weighted by Crippen LogP contribution is 2.23. The summed E-state index contributed by atoms with van der Waals surface area (Å²) in [6.45, 7) is 6.45. The number of hydrogen-bond acceptors (Lipinski definition) is 2. The van der Waals surface area contributed by atoms with Crippen LogP contribution in [-0.4, -0.2) is 17.9 Å². The number of carbonyl (C=O) groups excluding carboxylic acids is 2. The fraction of sp³-hybridized carbons (Fsp3) is 0.231. The average Bonchev–Trinajstić information content (AvgIpc) is 2.73. The lowest BCUT2D eigenvalue weighted by Gasteiger charge is -2.20. The number of benzene rings is 3. The molecule has 3 rings (SSSR count). The topological polar surface area (TPSA) is 72.2 Å². The zero-order chi connectivity index (χ0) is 21.7. The highest BCUT2D eigenvalue weighted by Gasteiger charge is 2.20. The van der Waals surface area contributed by atoms with Crippen LogP contribution in [0, 0.1) is 0 Å². The molecule has 0 aliphatic rings. The Labute approximate surface area is 178 Å². The molecule has 0 fully saturated rings. The molecule has 0 aliphatic heterocycles. The first-order chi connectivity index (χ1) is 14.2. The van der Waals surface area contributed by atoms with Crippen LogP contribution >= 0.6 is 0 Å². The van der Waals surface area contributed by atoms with Crippen LogP contribution in [0.4, 0.5) is 0 Å². The molecule has 0 bridgehead atoms. The van der Waals surface area contributed by atoms with Crippen molar-refractivity contribution in [1.29, 1.82) is 0 Å². The highest BCUT2D eigenvalue weighted by molar-refractivity contribution is 5.97. The van der Waals surface area contributed by atoms with E-state index in [4.69, 9.17) is 5.73 Å². The molecule has 1 atom stereocenters. The molecule has 0 aliphatic carbocycles. The molecule has 2 amide bonds. The summed E-state index contributed by atoms with van der Waals surface area (Å²) in [6, 6.07) is 24.6. The molecule has 0 radical (unpaired) electrons. The molecular weight excluding hydrogens is 372 g/mol. The van der Waals surface area contributed by atoms with Gasteiger partial charge in [0.25, 0.3) is 5.91 Å². The first-order valence-electron chi connectivity index (χ1n) is 10.1. The van der Waals surface area contributed by atoms with Gasteiger partial charge in [0.15, 0.2) is 0 Å². The van der Waals surface area contributed by atoms with Crippen molar-refractivity contribution < 1.29 is 9.59 Å². The van der Waals surface area contributed by atoms with E-state index in [0.29, 0.717) is 12.0 Å². The van der Waals surface area contributed by atoms with Gasteiger partial charge >= 0.3 is 0 Å². The fourth-order valence-electron chi connectivity index (χ4n) is 3.29. The molecule has 0 heterocycles. The Bertz CT molecular complexity index is 1000. The molecular formula is C26H28N2O2. The summed E-state index contributed by atoms with van der Waals surface area (Å²) in [5.41, 5.74) is 10.4. The molecule has 4 heteroatoms. The Morgan fingerprint density at radius 1 is 0.833 bits per heavy atom. The molecule has 0 saturated heterocycles. The zero-order valence-corrected chi connectivity index (χ0v) is 17.7. The number of nitrogens with one attached hydrogen (secondary N) is 1. The maximum absolute atomic E-state index is 12.7. The standard InChI is InChI=1S/C26H28N2O2/c1-26(2,3)22-15-9-18(10-16-22)17-23(24(27)29)28-25(30)21-13-11-20(12-14-21)19-7-5-4-6-8-19/h4-16,23H,17H2,1-3H3,(H2,27,29)(H,28,30)/t23-/m1/s1. The van der Waals surface area contributed by atoms with Crippen LogP contribution < -0.4 is 11.1 Å². The van der Waals surface area contributed by atoms with Gasteiger partial charge in [0.1, 0.15) is 6.04 Å².